The average molecular weight is 693 g/mol. The third kappa shape index (κ3) is 8.20. The van der Waals surface area contributed by atoms with Crippen molar-refractivity contribution in [2.45, 2.75) is 84.2 Å². The summed E-state index contributed by atoms with van der Waals surface area (Å²) in [6.07, 6.45) is 5.41. The van der Waals surface area contributed by atoms with E-state index in [-0.39, 0.29) is 42.3 Å². The number of hydrogen-bond acceptors (Lipinski definition) is 9. The summed E-state index contributed by atoms with van der Waals surface area (Å²) >= 11 is 0. The van der Waals surface area contributed by atoms with Gasteiger partial charge in [-0.2, -0.15) is 0 Å². The average Bonchev–Trinajstić information content (AvgIpc) is 3.94. The van der Waals surface area contributed by atoms with Crippen molar-refractivity contribution in [2.75, 3.05) is 27.3 Å². The molecule has 0 unspecified atom stereocenters. The lowest BCUT2D eigenvalue weighted by Crippen LogP contribution is -2.51. The van der Waals surface area contributed by atoms with Crippen molar-refractivity contribution < 1.29 is 33.4 Å². The SMILES string of the molecule is COC(=O)N[C@H](C(=O)N1CCC[C@H]1c1ncc(COc2ccc(-c3cnc([C@@H]4CCCN4C(=O)[C@@H](NC(=O)OC)C(C)C)[nH]3)cc2)[nH]1)C(C)C. The highest BCUT2D eigenvalue weighted by atomic mass is 16.5. The Balaban J connectivity index is 1.18. The van der Waals surface area contributed by atoms with E-state index in [1.165, 1.54) is 14.2 Å². The topological polar surface area (TPSA) is 184 Å². The first-order chi connectivity index (χ1) is 24.0. The van der Waals surface area contributed by atoms with Gasteiger partial charge in [0.1, 0.15) is 36.1 Å². The minimum atomic E-state index is -0.696. The predicted octanol–water partition coefficient (Wildman–Crippen LogP) is 4.47. The number of benzene rings is 1. The van der Waals surface area contributed by atoms with Crippen molar-refractivity contribution in [3.8, 4) is 17.0 Å². The third-order valence-corrected chi connectivity index (χ3v) is 9.29. The fourth-order valence-corrected chi connectivity index (χ4v) is 6.55. The van der Waals surface area contributed by atoms with Crippen LogP contribution >= 0.6 is 0 Å². The second kappa shape index (κ2) is 16.1. The molecule has 0 radical (unpaired) electrons. The van der Waals surface area contributed by atoms with Gasteiger partial charge in [0.15, 0.2) is 0 Å². The molecule has 4 atom stereocenters. The van der Waals surface area contributed by atoms with Crippen LogP contribution in [0.3, 0.4) is 0 Å². The van der Waals surface area contributed by atoms with Gasteiger partial charge in [-0.1, -0.05) is 27.7 Å². The molecule has 2 aliphatic heterocycles. The molecule has 15 heteroatoms. The summed E-state index contributed by atoms with van der Waals surface area (Å²) in [7, 11) is 2.56. The molecule has 5 rings (SSSR count). The van der Waals surface area contributed by atoms with Crippen molar-refractivity contribution in [1.29, 1.82) is 0 Å². The van der Waals surface area contributed by atoms with Crippen LogP contribution in [0.25, 0.3) is 11.3 Å². The van der Waals surface area contributed by atoms with Crippen molar-refractivity contribution in [2.24, 2.45) is 11.8 Å². The Morgan fingerprint density at radius 2 is 1.28 bits per heavy atom. The summed E-state index contributed by atoms with van der Waals surface area (Å²) < 4.78 is 15.5. The zero-order chi connectivity index (χ0) is 35.9. The molecule has 2 saturated heterocycles. The van der Waals surface area contributed by atoms with E-state index in [0.717, 1.165) is 42.6 Å². The lowest BCUT2D eigenvalue weighted by Gasteiger charge is -2.30. The second-order valence-electron chi connectivity index (χ2n) is 13.4. The van der Waals surface area contributed by atoms with Crippen LogP contribution in [0.1, 0.15) is 82.8 Å². The molecule has 2 aromatic heterocycles. The van der Waals surface area contributed by atoms with E-state index in [4.69, 9.17) is 14.2 Å². The fourth-order valence-electron chi connectivity index (χ4n) is 6.55. The number of ether oxygens (including phenoxy) is 3. The number of alkyl carbamates (subject to hydrolysis) is 2. The molecular weight excluding hydrogens is 644 g/mol. The Kier molecular flexibility index (Phi) is 11.6. The van der Waals surface area contributed by atoms with Gasteiger partial charge in [-0.05, 0) is 67.3 Å². The van der Waals surface area contributed by atoms with Gasteiger partial charge in [0, 0.05) is 13.1 Å². The molecule has 2 fully saturated rings. The molecule has 3 aromatic rings. The zero-order valence-electron chi connectivity index (χ0n) is 29.5. The van der Waals surface area contributed by atoms with Crippen LogP contribution in [0.2, 0.25) is 0 Å². The molecule has 0 spiro atoms. The molecule has 0 saturated carbocycles. The number of nitrogens with one attached hydrogen (secondary N) is 4. The highest BCUT2D eigenvalue weighted by Gasteiger charge is 2.39. The Morgan fingerprint density at radius 3 is 1.78 bits per heavy atom. The maximum atomic E-state index is 13.5. The number of nitrogens with zero attached hydrogens (tertiary/aromatic N) is 4. The smallest absolute Gasteiger partial charge is 0.407 e. The van der Waals surface area contributed by atoms with Crippen LogP contribution in [-0.2, 0) is 25.7 Å². The van der Waals surface area contributed by atoms with Crippen LogP contribution in [0.5, 0.6) is 5.75 Å². The molecule has 4 heterocycles. The molecule has 50 heavy (non-hydrogen) atoms. The minimum absolute atomic E-state index is 0.111. The molecule has 2 aliphatic rings. The van der Waals surface area contributed by atoms with Crippen molar-refractivity contribution in [1.82, 2.24) is 40.4 Å². The van der Waals surface area contributed by atoms with Gasteiger partial charge in [-0.3, -0.25) is 9.59 Å². The quantitative estimate of drug-likeness (QED) is 0.213. The van der Waals surface area contributed by atoms with Crippen LogP contribution in [-0.4, -0.2) is 93.1 Å². The van der Waals surface area contributed by atoms with Gasteiger partial charge in [-0.15, -0.1) is 0 Å². The number of aromatic nitrogens is 4. The summed E-state index contributed by atoms with van der Waals surface area (Å²) in [5.41, 5.74) is 2.50. The molecule has 4 N–H and O–H groups in total. The van der Waals surface area contributed by atoms with Crippen LogP contribution < -0.4 is 15.4 Å². The normalized spacial score (nSPS) is 18.6. The first kappa shape index (κ1) is 36.2. The maximum Gasteiger partial charge on any atom is 0.407 e. The lowest BCUT2D eigenvalue weighted by molar-refractivity contribution is -0.136. The van der Waals surface area contributed by atoms with Gasteiger partial charge in [-0.25, -0.2) is 19.6 Å². The number of hydrogen-bond donors (Lipinski definition) is 4. The van der Waals surface area contributed by atoms with E-state index >= 15 is 0 Å². The van der Waals surface area contributed by atoms with Crippen molar-refractivity contribution in [3.05, 3.63) is 54.0 Å². The van der Waals surface area contributed by atoms with Gasteiger partial charge >= 0.3 is 12.2 Å². The number of amides is 4. The third-order valence-electron chi connectivity index (χ3n) is 9.29. The van der Waals surface area contributed by atoms with Crippen LogP contribution in [0, 0.1) is 11.8 Å². The van der Waals surface area contributed by atoms with Gasteiger partial charge in [0.25, 0.3) is 0 Å². The fraction of sp³-hybridized carbons (Fsp3) is 0.543. The molecule has 4 amide bonds. The highest BCUT2D eigenvalue weighted by molar-refractivity contribution is 5.87. The maximum absolute atomic E-state index is 13.5. The van der Waals surface area contributed by atoms with E-state index in [9.17, 15) is 19.2 Å². The summed E-state index contributed by atoms with van der Waals surface area (Å²) in [6.45, 7) is 8.97. The Labute approximate surface area is 291 Å². The predicted molar refractivity (Wildman–Crippen MR) is 183 cm³/mol. The van der Waals surface area contributed by atoms with Crippen molar-refractivity contribution in [3.63, 3.8) is 0 Å². The van der Waals surface area contributed by atoms with Gasteiger partial charge < -0.3 is 44.6 Å². The molecular formula is C35H48N8O7. The number of rotatable bonds is 12. The van der Waals surface area contributed by atoms with E-state index in [2.05, 4.69) is 30.6 Å². The number of carbonyl (C=O) groups excluding carboxylic acids is 4. The Bertz CT molecular complexity index is 1640. The number of likely N-dealkylation sites (tertiary alicyclic amines) is 2. The van der Waals surface area contributed by atoms with Crippen LogP contribution in [0.15, 0.2) is 36.7 Å². The first-order valence-corrected chi connectivity index (χ1v) is 17.1. The molecule has 1 aromatic carbocycles. The van der Waals surface area contributed by atoms with Crippen LogP contribution in [0.4, 0.5) is 9.59 Å². The largest absolute Gasteiger partial charge is 0.487 e. The number of carbonyl (C=O) groups is 4. The standard InChI is InChI=1S/C35H48N8O7/c1-20(2)28(40-34(46)48-5)32(44)42-15-7-9-26(42)30-36-17-23(38-30)19-50-24-13-11-22(12-14-24)25-18-37-31(39-25)27-10-8-16-43(27)33(45)29(21(3)4)41-35(47)49-6/h11-14,17-18,20-21,26-29H,7-10,15-16,19H2,1-6H3,(H,36,38)(H,37,39)(H,40,46)(H,41,47)/t26-,27-,28-,29-/m0/s1. The summed E-state index contributed by atoms with van der Waals surface area (Å²) in [5, 5.41) is 5.34. The number of methoxy groups -OCH3 is 2. The molecule has 0 aliphatic carbocycles. The molecule has 0 bridgehead atoms. The number of aromatic amines is 2. The van der Waals surface area contributed by atoms with Gasteiger partial charge in [0.2, 0.25) is 11.8 Å². The molecule has 15 nitrogen and oxygen atoms in total. The second-order valence-corrected chi connectivity index (χ2v) is 13.4. The van der Waals surface area contributed by atoms with E-state index in [0.29, 0.717) is 30.5 Å². The monoisotopic (exact) mass is 692 g/mol. The zero-order valence-corrected chi connectivity index (χ0v) is 29.5. The van der Waals surface area contributed by atoms with E-state index < -0.39 is 24.3 Å². The summed E-state index contributed by atoms with van der Waals surface area (Å²) in [5.74, 6) is 1.51. The minimum Gasteiger partial charge on any atom is -0.487 e. The summed E-state index contributed by atoms with van der Waals surface area (Å²) in [4.78, 5) is 70.1. The lowest BCUT2D eigenvalue weighted by atomic mass is 10.0. The molecule has 270 valence electrons. The first-order valence-electron chi connectivity index (χ1n) is 17.1. The van der Waals surface area contributed by atoms with E-state index in [1.54, 1.807) is 22.2 Å². The van der Waals surface area contributed by atoms with Crippen molar-refractivity contribution >= 4 is 24.0 Å². The Morgan fingerprint density at radius 1 is 0.780 bits per heavy atom. The number of imidazole rings is 2. The highest BCUT2D eigenvalue weighted by Crippen LogP contribution is 2.34. The van der Waals surface area contributed by atoms with Gasteiger partial charge in [0.05, 0.1) is 50.1 Å². The Hall–Kier alpha value is -5.08. The van der Waals surface area contributed by atoms with E-state index in [1.807, 2.05) is 52.0 Å². The number of H-pyrrole nitrogens is 2. The summed E-state index contributed by atoms with van der Waals surface area (Å²) in [6, 6.07) is 5.79.